The molecule has 0 saturated heterocycles. The molecule has 0 aromatic carbocycles. The fraction of sp³-hybridized carbons (Fsp3) is 0.500. The molecule has 2 N–H and O–H groups in total. The first kappa shape index (κ1) is 11.4. The number of carboxylic acid groups (broad SMARTS) is 1. The molecular formula is C10H15N3O2. The zero-order chi connectivity index (χ0) is 11.4. The van der Waals surface area contributed by atoms with Crippen molar-refractivity contribution in [2.24, 2.45) is 0 Å². The lowest BCUT2D eigenvalue weighted by atomic mass is 10.2. The van der Waals surface area contributed by atoms with Gasteiger partial charge in [0.25, 0.3) is 0 Å². The molecule has 5 heteroatoms. The molecule has 1 rings (SSSR count). The minimum Gasteiger partial charge on any atom is -0.477 e. The molecule has 0 aliphatic carbocycles. The highest BCUT2D eigenvalue weighted by molar-refractivity contribution is 5.86. The van der Waals surface area contributed by atoms with Crippen molar-refractivity contribution in [2.75, 3.05) is 11.9 Å². The van der Waals surface area contributed by atoms with Gasteiger partial charge in [-0.05, 0) is 6.92 Å². The third-order valence-corrected chi connectivity index (χ3v) is 1.84. The van der Waals surface area contributed by atoms with Crippen LogP contribution in [-0.2, 0) is 0 Å². The molecule has 1 aromatic rings. The second kappa shape index (κ2) is 4.72. The summed E-state index contributed by atoms with van der Waals surface area (Å²) in [5.74, 6) is 0.194. The summed E-state index contributed by atoms with van der Waals surface area (Å²) in [6.07, 6.45) is 0. The Morgan fingerprint density at radius 2 is 2.20 bits per heavy atom. The first-order valence-electron chi connectivity index (χ1n) is 4.90. The minimum atomic E-state index is -1.03. The van der Waals surface area contributed by atoms with Crippen LogP contribution < -0.4 is 5.32 Å². The van der Waals surface area contributed by atoms with Gasteiger partial charge in [-0.1, -0.05) is 13.8 Å². The summed E-state index contributed by atoms with van der Waals surface area (Å²) in [5.41, 5.74) is 0.0321. The highest BCUT2D eigenvalue weighted by Gasteiger charge is 2.11. The number of nitrogens with one attached hydrogen (secondary N) is 1. The van der Waals surface area contributed by atoms with E-state index in [4.69, 9.17) is 5.11 Å². The van der Waals surface area contributed by atoms with E-state index in [1.54, 1.807) is 0 Å². The Hall–Kier alpha value is -1.65. The van der Waals surface area contributed by atoms with Gasteiger partial charge in [-0.15, -0.1) is 0 Å². The molecule has 5 nitrogen and oxygen atoms in total. The molecule has 0 spiro atoms. The van der Waals surface area contributed by atoms with Crippen molar-refractivity contribution in [2.45, 2.75) is 26.7 Å². The molecule has 0 radical (unpaired) electrons. The van der Waals surface area contributed by atoms with Gasteiger partial charge in [0.15, 0.2) is 5.69 Å². The van der Waals surface area contributed by atoms with E-state index in [9.17, 15) is 4.79 Å². The van der Waals surface area contributed by atoms with Gasteiger partial charge in [0.2, 0.25) is 0 Å². The fourth-order valence-corrected chi connectivity index (χ4v) is 1.11. The highest BCUT2D eigenvalue weighted by Crippen LogP contribution is 2.13. The second-order valence-electron chi connectivity index (χ2n) is 3.49. The number of hydrogen-bond donors (Lipinski definition) is 2. The van der Waals surface area contributed by atoms with E-state index in [2.05, 4.69) is 15.3 Å². The molecule has 15 heavy (non-hydrogen) atoms. The van der Waals surface area contributed by atoms with Crippen molar-refractivity contribution in [1.29, 1.82) is 0 Å². The average molecular weight is 209 g/mol. The lowest BCUT2D eigenvalue weighted by Crippen LogP contribution is -2.10. The van der Waals surface area contributed by atoms with E-state index < -0.39 is 5.97 Å². The molecule has 82 valence electrons. The Kier molecular flexibility index (Phi) is 3.60. The lowest BCUT2D eigenvalue weighted by Gasteiger charge is -2.08. The van der Waals surface area contributed by atoms with Crippen LogP contribution in [0.2, 0.25) is 0 Å². The number of carbonyl (C=O) groups is 1. The van der Waals surface area contributed by atoms with Crippen LogP contribution in [0.5, 0.6) is 0 Å². The molecule has 1 heterocycles. The molecule has 0 atom stereocenters. The molecule has 0 amide bonds. The van der Waals surface area contributed by atoms with E-state index in [0.717, 1.165) is 0 Å². The third kappa shape index (κ3) is 2.90. The largest absolute Gasteiger partial charge is 0.477 e. The minimum absolute atomic E-state index is 0.0321. The number of anilines is 1. The standard InChI is InChI=1S/C10H15N3O2/c1-4-11-8-5-7(10(14)15)12-9(13-8)6(2)3/h5-6H,4H2,1-3H3,(H,14,15)(H,11,12,13). The number of hydrogen-bond acceptors (Lipinski definition) is 4. The summed E-state index contributed by atoms with van der Waals surface area (Å²) in [6.45, 7) is 6.48. The summed E-state index contributed by atoms with van der Waals surface area (Å²) >= 11 is 0. The summed E-state index contributed by atoms with van der Waals surface area (Å²) in [6, 6.07) is 1.44. The van der Waals surface area contributed by atoms with Crippen LogP contribution in [0.3, 0.4) is 0 Å². The Morgan fingerprint density at radius 1 is 1.53 bits per heavy atom. The van der Waals surface area contributed by atoms with E-state index in [-0.39, 0.29) is 11.6 Å². The second-order valence-corrected chi connectivity index (χ2v) is 3.49. The quantitative estimate of drug-likeness (QED) is 0.789. The first-order chi connectivity index (χ1) is 7.04. The highest BCUT2D eigenvalue weighted by atomic mass is 16.4. The van der Waals surface area contributed by atoms with Crippen molar-refractivity contribution in [3.8, 4) is 0 Å². The molecular weight excluding hydrogens is 194 g/mol. The van der Waals surface area contributed by atoms with Crippen LogP contribution in [-0.4, -0.2) is 27.6 Å². The molecule has 0 saturated carbocycles. The van der Waals surface area contributed by atoms with Gasteiger partial charge in [0.05, 0.1) is 0 Å². The van der Waals surface area contributed by atoms with Gasteiger partial charge in [0, 0.05) is 18.5 Å². The predicted molar refractivity (Wildman–Crippen MR) is 57.2 cm³/mol. The summed E-state index contributed by atoms with van der Waals surface area (Å²) in [4.78, 5) is 19.0. The Balaban J connectivity index is 3.14. The van der Waals surface area contributed by atoms with Crippen LogP contribution in [0.25, 0.3) is 0 Å². The smallest absolute Gasteiger partial charge is 0.354 e. The number of carboxylic acids is 1. The Labute approximate surface area is 88.6 Å². The lowest BCUT2D eigenvalue weighted by molar-refractivity contribution is 0.0690. The third-order valence-electron chi connectivity index (χ3n) is 1.84. The van der Waals surface area contributed by atoms with Gasteiger partial charge in [-0.25, -0.2) is 14.8 Å². The number of rotatable bonds is 4. The molecule has 0 unspecified atom stereocenters. The van der Waals surface area contributed by atoms with Gasteiger partial charge in [-0.2, -0.15) is 0 Å². The maximum Gasteiger partial charge on any atom is 0.354 e. The first-order valence-corrected chi connectivity index (χ1v) is 4.90. The average Bonchev–Trinajstić information content (AvgIpc) is 2.17. The number of aromatic nitrogens is 2. The molecule has 0 bridgehead atoms. The maximum atomic E-state index is 10.8. The fourth-order valence-electron chi connectivity index (χ4n) is 1.11. The molecule has 0 aliphatic rings. The van der Waals surface area contributed by atoms with Gasteiger partial charge >= 0.3 is 5.97 Å². The van der Waals surface area contributed by atoms with Crippen molar-refractivity contribution in [3.05, 3.63) is 17.6 Å². The summed E-state index contributed by atoms with van der Waals surface area (Å²) < 4.78 is 0. The predicted octanol–water partition coefficient (Wildman–Crippen LogP) is 1.73. The van der Waals surface area contributed by atoms with Crippen LogP contribution in [0.4, 0.5) is 5.82 Å². The van der Waals surface area contributed by atoms with Crippen LogP contribution in [0.1, 0.15) is 43.0 Å². The zero-order valence-corrected chi connectivity index (χ0v) is 9.11. The van der Waals surface area contributed by atoms with Gasteiger partial charge in [-0.3, -0.25) is 0 Å². The van der Waals surface area contributed by atoms with Crippen LogP contribution >= 0.6 is 0 Å². The van der Waals surface area contributed by atoms with Gasteiger partial charge < -0.3 is 10.4 Å². The number of aromatic carboxylic acids is 1. The normalized spacial score (nSPS) is 10.4. The zero-order valence-electron chi connectivity index (χ0n) is 9.11. The molecule has 0 aliphatic heterocycles. The topological polar surface area (TPSA) is 75.1 Å². The summed E-state index contributed by atoms with van der Waals surface area (Å²) in [7, 11) is 0. The van der Waals surface area contributed by atoms with Crippen molar-refractivity contribution >= 4 is 11.8 Å². The van der Waals surface area contributed by atoms with Crippen LogP contribution in [0.15, 0.2) is 6.07 Å². The number of nitrogens with zero attached hydrogens (tertiary/aromatic N) is 2. The van der Waals surface area contributed by atoms with Crippen molar-refractivity contribution < 1.29 is 9.90 Å². The Bertz CT molecular complexity index is 364. The molecule has 0 fully saturated rings. The van der Waals surface area contributed by atoms with Crippen molar-refractivity contribution in [1.82, 2.24) is 9.97 Å². The maximum absolute atomic E-state index is 10.8. The summed E-state index contributed by atoms with van der Waals surface area (Å²) in [5, 5.41) is 11.8. The van der Waals surface area contributed by atoms with Crippen LogP contribution in [0, 0.1) is 0 Å². The molecule has 1 aromatic heterocycles. The van der Waals surface area contributed by atoms with E-state index in [1.165, 1.54) is 6.07 Å². The van der Waals surface area contributed by atoms with E-state index in [0.29, 0.717) is 18.2 Å². The monoisotopic (exact) mass is 209 g/mol. The Morgan fingerprint density at radius 3 is 2.67 bits per heavy atom. The van der Waals surface area contributed by atoms with Crippen molar-refractivity contribution in [3.63, 3.8) is 0 Å². The van der Waals surface area contributed by atoms with Gasteiger partial charge in [0.1, 0.15) is 11.6 Å². The van der Waals surface area contributed by atoms with E-state index >= 15 is 0 Å². The van der Waals surface area contributed by atoms with E-state index in [1.807, 2.05) is 20.8 Å². The SMILES string of the molecule is CCNc1cc(C(=O)O)nc(C(C)C)n1.